The average Bonchev–Trinajstić information content (AvgIpc) is 2.87. The minimum absolute atomic E-state index is 0.164. The topological polar surface area (TPSA) is 99.9 Å². The van der Waals surface area contributed by atoms with Crippen molar-refractivity contribution >= 4 is 22.6 Å². The molecule has 8 heteroatoms. The summed E-state index contributed by atoms with van der Waals surface area (Å²) in [5.41, 5.74) is 3.03. The summed E-state index contributed by atoms with van der Waals surface area (Å²) in [6, 6.07) is 13.9. The quantitative estimate of drug-likeness (QED) is 0.321. The van der Waals surface area contributed by atoms with Gasteiger partial charge in [-0.2, -0.15) is 0 Å². The van der Waals surface area contributed by atoms with E-state index in [-0.39, 0.29) is 11.5 Å². The van der Waals surface area contributed by atoms with Crippen LogP contribution < -0.4 is 20.2 Å². The fourth-order valence-electron chi connectivity index (χ4n) is 4.40. The lowest BCUT2D eigenvalue weighted by Crippen LogP contribution is -2.24. The molecule has 0 spiro atoms. The number of aromatic nitrogens is 1. The highest BCUT2D eigenvalue weighted by Crippen LogP contribution is 2.35. The highest BCUT2D eigenvalue weighted by Gasteiger charge is 2.23. The maximum absolute atomic E-state index is 13.2. The van der Waals surface area contributed by atoms with Crippen molar-refractivity contribution in [3.63, 3.8) is 0 Å². The van der Waals surface area contributed by atoms with Crippen LogP contribution in [0.2, 0.25) is 0 Å². The molecule has 38 heavy (non-hydrogen) atoms. The van der Waals surface area contributed by atoms with Gasteiger partial charge in [0, 0.05) is 29.1 Å². The zero-order valence-corrected chi connectivity index (χ0v) is 22.1. The monoisotopic (exact) mass is 514 g/mol. The molecule has 0 saturated heterocycles. The van der Waals surface area contributed by atoms with E-state index in [0.29, 0.717) is 58.4 Å². The molecule has 5 rings (SSSR count). The molecular formula is C30H30N2O6. The van der Waals surface area contributed by atoms with Crippen LogP contribution in [0, 0.1) is 6.92 Å². The van der Waals surface area contributed by atoms with E-state index in [1.807, 2.05) is 58.9 Å². The molecule has 3 heterocycles. The number of pyridine rings is 1. The maximum Gasteiger partial charge on any atom is 0.340 e. The predicted molar refractivity (Wildman–Crippen MR) is 145 cm³/mol. The number of benzene rings is 2. The van der Waals surface area contributed by atoms with Crippen LogP contribution in [0.1, 0.15) is 55.2 Å². The van der Waals surface area contributed by atoms with Crippen molar-refractivity contribution in [3.05, 3.63) is 81.6 Å². The summed E-state index contributed by atoms with van der Waals surface area (Å²) >= 11 is 0. The molecule has 1 aliphatic heterocycles. The number of carbonyl (C=O) groups is 1. The van der Waals surface area contributed by atoms with Gasteiger partial charge in [-0.3, -0.25) is 4.79 Å². The number of carbonyl (C=O) groups excluding carboxylic acids is 1. The van der Waals surface area contributed by atoms with Gasteiger partial charge in [-0.25, -0.2) is 9.78 Å². The van der Waals surface area contributed by atoms with Crippen molar-refractivity contribution in [1.29, 1.82) is 0 Å². The standard InChI is InChI=1S/C30H30N2O6/c1-17-12-21(18(2)32-23-9-7-6-8-20(23)29(34)38-30(3,4)5)27-22(13-17)24(33)15-25(37-27)19-14-26-28(31-16-19)36-11-10-35-26/h6-9,12-16,18,32H,10-11H2,1-5H3. The van der Waals surface area contributed by atoms with Crippen LogP contribution in [0.4, 0.5) is 5.69 Å². The van der Waals surface area contributed by atoms with Crippen LogP contribution in [0.25, 0.3) is 22.3 Å². The Hall–Kier alpha value is -4.33. The Labute approximate surface area is 220 Å². The van der Waals surface area contributed by atoms with Gasteiger partial charge in [0.1, 0.15) is 30.2 Å². The normalized spacial score (nSPS) is 13.7. The largest absolute Gasteiger partial charge is 0.484 e. The van der Waals surface area contributed by atoms with Gasteiger partial charge in [0.15, 0.2) is 11.2 Å². The zero-order chi connectivity index (χ0) is 27.0. The first-order chi connectivity index (χ1) is 18.1. The summed E-state index contributed by atoms with van der Waals surface area (Å²) in [5, 5.41) is 3.90. The third kappa shape index (κ3) is 5.20. The summed E-state index contributed by atoms with van der Waals surface area (Å²) in [6.07, 6.45) is 1.60. The van der Waals surface area contributed by atoms with E-state index in [2.05, 4.69) is 10.3 Å². The van der Waals surface area contributed by atoms with Crippen molar-refractivity contribution in [1.82, 2.24) is 4.98 Å². The molecule has 0 aliphatic carbocycles. The molecule has 0 bridgehead atoms. The Morgan fingerprint density at radius 2 is 1.84 bits per heavy atom. The maximum atomic E-state index is 13.2. The minimum Gasteiger partial charge on any atom is -0.484 e. The number of hydrogen-bond acceptors (Lipinski definition) is 8. The number of para-hydroxylation sites is 1. The fourth-order valence-corrected chi connectivity index (χ4v) is 4.40. The third-order valence-corrected chi connectivity index (χ3v) is 6.07. The Kier molecular flexibility index (Phi) is 6.57. The molecule has 2 aromatic carbocycles. The van der Waals surface area contributed by atoms with Crippen LogP contribution in [0.15, 0.2) is 63.9 Å². The van der Waals surface area contributed by atoms with Crippen molar-refractivity contribution in [2.45, 2.75) is 46.3 Å². The molecule has 4 aromatic rings. The second-order valence-electron chi connectivity index (χ2n) is 10.3. The molecule has 196 valence electrons. The summed E-state index contributed by atoms with van der Waals surface area (Å²) in [6.45, 7) is 10.3. The van der Waals surface area contributed by atoms with E-state index in [0.717, 1.165) is 11.1 Å². The highest BCUT2D eigenvalue weighted by atomic mass is 16.6. The second kappa shape index (κ2) is 9.85. The van der Waals surface area contributed by atoms with E-state index in [9.17, 15) is 9.59 Å². The SMILES string of the molecule is Cc1cc(C(C)Nc2ccccc2C(=O)OC(C)(C)C)c2oc(-c3cnc4c(c3)OCCO4)cc(=O)c2c1. The smallest absolute Gasteiger partial charge is 0.340 e. The summed E-state index contributed by atoms with van der Waals surface area (Å²) in [7, 11) is 0. The molecule has 1 N–H and O–H groups in total. The average molecular weight is 515 g/mol. The van der Waals surface area contributed by atoms with Gasteiger partial charge in [-0.05, 0) is 64.4 Å². The molecule has 0 saturated carbocycles. The molecule has 1 aliphatic rings. The van der Waals surface area contributed by atoms with Gasteiger partial charge in [0.2, 0.25) is 0 Å². The van der Waals surface area contributed by atoms with Crippen molar-refractivity contribution in [2.24, 2.45) is 0 Å². The van der Waals surface area contributed by atoms with Crippen LogP contribution in [0.3, 0.4) is 0 Å². The van der Waals surface area contributed by atoms with Gasteiger partial charge in [-0.15, -0.1) is 0 Å². The van der Waals surface area contributed by atoms with Crippen molar-refractivity contribution in [2.75, 3.05) is 18.5 Å². The number of ether oxygens (including phenoxy) is 3. The number of fused-ring (bicyclic) bond motifs is 2. The first-order valence-electron chi connectivity index (χ1n) is 12.5. The number of nitrogens with zero attached hydrogens (tertiary/aromatic N) is 1. The summed E-state index contributed by atoms with van der Waals surface area (Å²) < 4.78 is 23.1. The minimum atomic E-state index is -0.620. The number of nitrogens with one attached hydrogen (secondary N) is 1. The zero-order valence-electron chi connectivity index (χ0n) is 22.1. The Morgan fingerprint density at radius 1 is 1.08 bits per heavy atom. The molecule has 8 nitrogen and oxygen atoms in total. The van der Waals surface area contributed by atoms with Gasteiger partial charge < -0.3 is 23.9 Å². The Bertz CT molecular complexity index is 1580. The van der Waals surface area contributed by atoms with E-state index in [1.165, 1.54) is 6.07 Å². The molecule has 0 radical (unpaired) electrons. The second-order valence-corrected chi connectivity index (χ2v) is 10.3. The van der Waals surface area contributed by atoms with Crippen LogP contribution in [0.5, 0.6) is 11.6 Å². The summed E-state index contributed by atoms with van der Waals surface area (Å²) in [5.74, 6) is 0.885. The number of hydrogen-bond donors (Lipinski definition) is 1. The predicted octanol–water partition coefficient (Wildman–Crippen LogP) is 6.06. The van der Waals surface area contributed by atoms with Crippen molar-refractivity contribution < 1.29 is 23.4 Å². The first-order valence-corrected chi connectivity index (χ1v) is 12.5. The molecule has 0 amide bonds. The summed E-state index contributed by atoms with van der Waals surface area (Å²) in [4.78, 5) is 30.4. The molecule has 1 atom stereocenters. The van der Waals surface area contributed by atoms with E-state index in [4.69, 9.17) is 18.6 Å². The number of aryl methyl sites for hydroxylation is 1. The van der Waals surface area contributed by atoms with Gasteiger partial charge >= 0.3 is 5.97 Å². The molecular weight excluding hydrogens is 484 g/mol. The Morgan fingerprint density at radius 3 is 2.63 bits per heavy atom. The van der Waals surface area contributed by atoms with Crippen molar-refractivity contribution in [3.8, 4) is 23.0 Å². The highest BCUT2D eigenvalue weighted by molar-refractivity contribution is 5.96. The third-order valence-electron chi connectivity index (χ3n) is 6.07. The molecule has 1 unspecified atom stereocenters. The first kappa shape index (κ1) is 25.3. The van der Waals surface area contributed by atoms with E-state index >= 15 is 0 Å². The van der Waals surface area contributed by atoms with E-state index in [1.54, 1.807) is 24.4 Å². The van der Waals surface area contributed by atoms with Crippen LogP contribution in [-0.4, -0.2) is 29.8 Å². The lowest BCUT2D eigenvalue weighted by atomic mass is 10.00. The number of esters is 1. The van der Waals surface area contributed by atoms with Gasteiger partial charge in [-0.1, -0.05) is 18.2 Å². The van der Waals surface area contributed by atoms with Gasteiger partial charge in [0.05, 0.1) is 17.0 Å². The van der Waals surface area contributed by atoms with Gasteiger partial charge in [0.25, 0.3) is 5.88 Å². The molecule has 0 fully saturated rings. The molecule has 2 aromatic heterocycles. The van der Waals surface area contributed by atoms with E-state index < -0.39 is 11.6 Å². The van der Waals surface area contributed by atoms with Crippen LogP contribution in [-0.2, 0) is 4.74 Å². The van der Waals surface area contributed by atoms with Crippen LogP contribution >= 0.6 is 0 Å². The Balaban J connectivity index is 1.55. The number of anilines is 1. The lowest BCUT2D eigenvalue weighted by molar-refractivity contribution is 0.00706. The lowest BCUT2D eigenvalue weighted by Gasteiger charge is -2.23. The fraction of sp³-hybridized carbons (Fsp3) is 0.300. The number of rotatable bonds is 5.